The van der Waals surface area contributed by atoms with E-state index in [1.807, 2.05) is 0 Å². The monoisotopic (exact) mass is 254 g/mol. The average Bonchev–Trinajstić information content (AvgIpc) is 2.94. The molecule has 2 saturated heterocycles. The molecular weight excluding hydrogens is 236 g/mol. The number of rotatable bonds is 4. The second kappa shape index (κ2) is 5.37. The van der Waals surface area contributed by atoms with Crippen LogP contribution in [0.2, 0.25) is 0 Å². The summed E-state index contributed by atoms with van der Waals surface area (Å²) in [5.41, 5.74) is 0. The fourth-order valence-corrected chi connectivity index (χ4v) is 2.66. The molecule has 0 aromatic carbocycles. The van der Waals surface area contributed by atoms with Crippen molar-refractivity contribution in [2.24, 2.45) is 0 Å². The predicted molar refractivity (Wildman–Crippen MR) is 62.8 cm³/mol. The number of hydrogen-bond donors (Lipinski definition) is 2. The van der Waals surface area contributed by atoms with Crippen LogP contribution >= 0.6 is 0 Å². The van der Waals surface area contributed by atoms with Crippen molar-refractivity contribution in [2.45, 2.75) is 50.6 Å². The van der Waals surface area contributed by atoms with Crippen molar-refractivity contribution in [1.82, 2.24) is 10.2 Å². The number of carbonyl (C=O) groups excluding carboxylic acids is 2. The summed E-state index contributed by atoms with van der Waals surface area (Å²) in [6.07, 6.45) is 3.51. The smallest absolute Gasteiger partial charge is 0.326 e. The zero-order valence-corrected chi connectivity index (χ0v) is 10.2. The Morgan fingerprint density at radius 1 is 1.39 bits per heavy atom. The molecule has 2 rings (SSSR count). The lowest BCUT2D eigenvalue weighted by molar-refractivity contribution is -0.148. The van der Waals surface area contributed by atoms with Gasteiger partial charge in [0.25, 0.3) is 0 Å². The minimum atomic E-state index is -0.921. The molecule has 0 spiro atoms. The highest BCUT2D eigenvalue weighted by molar-refractivity contribution is 5.84. The normalized spacial score (nSPS) is 27.3. The van der Waals surface area contributed by atoms with Crippen LogP contribution in [-0.4, -0.2) is 46.4 Å². The number of nitrogens with zero attached hydrogens (tertiary/aromatic N) is 1. The molecule has 2 aliphatic rings. The molecule has 0 saturated carbocycles. The molecule has 6 nitrogen and oxygen atoms in total. The molecule has 2 amide bonds. The highest BCUT2D eigenvalue weighted by Crippen LogP contribution is 2.20. The van der Waals surface area contributed by atoms with Gasteiger partial charge in [-0.3, -0.25) is 9.59 Å². The van der Waals surface area contributed by atoms with E-state index in [0.29, 0.717) is 32.2 Å². The van der Waals surface area contributed by atoms with Crippen molar-refractivity contribution in [3.05, 3.63) is 0 Å². The van der Waals surface area contributed by atoms with Crippen LogP contribution in [0, 0.1) is 0 Å². The molecule has 0 aromatic rings. The van der Waals surface area contributed by atoms with Gasteiger partial charge in [-0.2, -0.15) is 0 Å². The number of carbonyl (C=O) groups is 3. The third kappa shape index (κ3) is 2.80. The maximum atomic E-state index is 11.9. The fourth-order valence-electron chi connectivity index (χ4n) is 2.66. The van der Waals surface area contributed by atoms with E-state index in [2.05, 4.69) is 5.32 Å². The van der Waals surface area contributed by atoms with Crippen molar-refractivity contribution < 1.29 is 19.5 Å². The van der Waals surface area contributed by atoms with Crippen LogP contribution in [0.4, 0.5) is 0 Å². The first-order valence-corrected chi connectivity index (χ1v) is 6.39. The minimum Gasteiger partial charge on any atom is -0.480 e. The van der Waals surface area contributed by atoms with E-state index in [1.165, 1.54) is 4.90 Å². The summed E-state index contributed by atoms with van der Waals surface area (Å²) in [7, 11) is 0. The Morgan fingerprint density at radius 2 is 2.17 bits per heavy atom. The zero-order chi connectivity index (χ0) is 13.1. The minimum absolute atomic E-state index is 0.0389. The molecule has 2 atom stereocenters. The van der Waals surface area contributed by atoms with E-state index >= 15 is 0 Å². The van der Waals surface area contributed by atoms with Gasteiger partial charge in [0, 0.05) is 25.4 Å². The maximum absolute atomic E-state index is 11.9. The summed E-state index contributed by atoms with van der Waals surface area (Å²) in [6.45, 7) is 0.535. The first kappa shape index (κ1) is 12.9. The lowest BCUT2D eigenvalue weighted by atomic mass is 10.1. The molecule has 100 valence electrons. The number of likely N-dealkylation sites (tertiary alicyclic amines) is 1. The molecule has 1 unspecified atom stereocenters. The largest absolute Gasteiger partial charge is 0.480 e. The van der Waals surface area contributed by atoms with Crippen LogP contribution in [0.3, 0.4) is 0 Å². The highest BCUT2D eigenvalue weighted by atomic mass is 16.4. The summed E-state index contributed by atoms with van der Waals surface area (Å²) in [4.78, 5) is 35.4. The number of hydrogen-bond acceptors (Lipinski definition) is 3. The van der Waals surface area contributed by atoms with Gasteiger partial charge >= 0.3 is 5.97 Å². The fraction of sp³-hybridized carbons (Fsp3) is 0.750. The van der Waals surface area contributed by atoms with Crippen LogP contribution in [0.5, 0.6) is 0 Å². The zero-order valence-electron chi connectivity index (χ0n) is 10.2. The van der Waals surface area contributed by atoms with Crippen molar-refractivity contribution in [3.63, 3.8) is 0 Å². The number of amides is 2. The summed E-state index contributed by atoms with van der Waals surface area (Å²) in [5, 5.41) is 11.8. The van der Waals surface area contributed by atoms with Crippen molar-refractivity contribution in [3.8, 4) is 0 Å². The van der Waals surface area contributed by atoms with E-state index in [9.17, 15) is 14.4 Å². The van der Waals surface area contributed by atoms with Crippen LogP contribution < -0.4 is 5.32 Å². The number of carboxylic acid groups (broad SMARTS) is 1. The highest BCUT2D eigenvalue weighted by Gasteiger charge is 2.34. The second-order valence-electron chi connectivity index (χ2n) is 4.93. The van der Waals surface area contributed by atoms with Gasteiger partial charge in [-0.25, -0.2) is 4.79 Å². The second-order valence-corrected chi connectivity index (χ2v) is 4.93. The third-order valence-corrected chi connectivity index (χ3v) is 3.65. The molecular formula is C12H18N2O4. The Balaban J connectivity index is 1.80. The van der Waals surface area contributed by atoms with Gasteiger partial charge in [0.2, 0.25) is 11.8 Å². The number of nitrogens with one attached hydrogen (secondary N) is 1. The van der Waals surface area contributed by atoms with Gasteiger partial charge < -0.3 is 15.3 Å². The molecule has 0 bridgehead atoms. The van der Waals surface area contributed by atoms with Gasteiger partial charge in [-0.05, 0) is 25.7 Å². The summed E-state index contributed by atoms with van der Waals surface area (Å²) >= 11 is 0. The van der Waals surface area contributed by atoms with Crippen LogP contribution in [-0.2, 0) is 14.4 Å². The summed E-state index contributed by atoms with van der Waals surface area (Å²) in [5.74, 6) is -0.992. The van der Waals surface area contributed by atoms with Gasteiger partial charge in [-0.1, -0.05) is 0 Å². The van der Waals surface area contributed by atoms with Crippen molar-refractivity contribution >= 4 is 17.8 Å². The Labute approximate surface area is 105 Å². The van der Waals surface area contributed by atoms with Crippen LogP contribution in [0.15, 0.2) is 0 Å². The quantitative estimate of drug-likeness (QED) is 0.746. The average molecular weight is 254 g/mol. The Hall–Kier alpha value is -1.59. The molecule has 2 fully saturated rings. The van der Waals surface area contributed by atoms with Crippen LogP contribution in [0.1, 0.15) is 38.5 Å². The molecule has 6 heteroatoms. The molecule has 0 aromatic heterocycles. The number of carboxylic acids is 1. The first-order chi connectivity index (χ1) is 8.58. The van der Waals surface area contributed by atoms with E-state index in [4.69, 9.17) is 5.11 Å². The van der Waals surface area contributed by atoms with E-state index in [1.54, 1.807) is 0 Å². The molecule has 2 heterocycles. The molecule has 0 aliphatic carbocycles. The van der Waals surface area contributed by atoms with Gasteiger partial charge in [0.1, 0.15) is 6.04 Å². The Bertz CT molecular complexity index is 369. The summed E-state index contributed by atoms with van der Waals surface area (Å²) < 4.78 is 0. The lowest BCUT2D eigenvalue weighted by Crippen LogP contribution is -2.40. The van der Waals surface area contributed by atoms with E-state index in [-0.39, 0.29) is 17.9 Å². The topological polar surface area (TPSA) is 86.7 Å². The molecule has 0 radical (unpaired) electrons. The number of aliphatic carboxylic acids is 1. The third-order valence-electron chi connectivity index (χ3n) is 3.65. The van der Waals surface area contributed by atoms with Gasteiger partial charge in [0.05, 0.1) is 0 Å². The molecule has 18 heavy (non-hydrogen) atoms. The van der Waals surface area contributed by atoms with Crippen molar-refractivity contribution in [2.75, 3.05) is 6.54 Å². The maximum Gasteiger partial charge on any atom is 0.326 e. The standard InChI is InChI=1S/C12H18N2O4/c15-10-5-3-8(13-10)4-6-11(16)14-7-1-2-9(14)12(17)18/h8-9H,1-7H2,(H,13,15)(H,17,18)/t8?,9-/m0/s1. The van der Waals surface area contributed by atoms with Gasteiger partial charge in [0.15, 0.2) is 0 Å². The van der Waals surface area contributed by atoms with Crippen LogP contribution in [0.25, 0.3) is 0 Å². The SMILES string of the molecule is O=C1CCC(CCC(=O)N2CCC[C@H]2C(=O)O)N1. The van der Waals surface area contributed by atoms with Gasteiger partial charge in [-0.15, -0.1) is 0 Å². The molecule has 2 aliphatic heterocycles. The Morgan fingerprint density at radius 3 is 2.78 bits per heavy atom. The van der Waals surface area contributed by atoms with E-state index < -0.39 is 12.0 Å². The predicted octanol–water partition coefficient (Wildman–Crippen LogP) is 0.121. The Kier molecular flexibility index (Phi) is 3.84. The van der Waals surface area contributed by atoms with E-state index in [0.717, 1.165) is 12.8 Å². The summed E-state index contributed by atoms with van der Waals surface area (Å²) in [6, 6.07) is -0.581. The van der Waals surface area contributed by atoms with Crippen molar-refractivity contribution in [1.29, 1.82) is 0 Å². The molecule has 2 N–H and O–H groups in total. The lowest BCUT2D eigenvalue weighted by Gasteiger charge is -2.22. The first-order valence-electron chi connectivity index (χ1n) is 6.39.